The van der Waals surface area contributed by atoms with Crippen LogP contribution in [0.3, 0.4) is 0 Å². The standard InChI is InChI=1S/C13H19ClN2O2/c1-8-4-10(15)9(14)5-11(8)16-6-12(17-2)13(7-16)18-3/h4-5,12-13H,6-7,15H2,1-3H3. The summed E-state index contributed by atoms with van der Waals surface area (Å²) in [6.07, 6.45) is 0.177. The summed E-state index contributed by atoms with van der Waals surface area (Å²) in [6, 6.07) is 3.82. The Morgan fingerprint density at radius 2 is 1.78 bits per heavy atom. The average Bonchev–Trinajstić information content (AvgIpc) is 2.76. The van der Waals surface area contributed by atoms with Crippen molar-refractivity contribution in [3.05, 3.63) is 22.7 Å². The highest BCUT2D eigenvalue weighted by Crippen LogP contribution is 2.32. The Labute approximate surface area is 113 Å². The van der Waals surface area contributed by atoms with Crippen molar-refractivity contribution in [2.24, 2.45) is 0 Å². The van der Waals surface area contributed by atoms with E-state index in [0.717, 1.165) is 24.3 Å². The first kappa shape index (κ1) is 13.5. The summed E-state index contributed by atoms with van der Waals surface area (Å²) in [7, 11) is 3.42. The molecule has 5 heteroatoms. The van der Waals surface area contributed by atoms with E-state index in [-0.39, 0.29) is 12.2 Å². The zero-order valence-electron chi connectivity index (χ0n) is 10.9. The fraction of sp³-hybridized carbons (Fsp3) is 0.538. The topological polar surface area (TPSA) is 47.7 Å². The quantitative estimate of drug-likeness (QED) is 0.855. The van der Waals surface area contributed by atoms with Crippen molar-refractivity contribution in [1.29, 1.82) is 0 Å². The van der Waals surface area contributed by atoms with Crippen LogP contribution in [0.2, 0.25) is 5.02 Å². The first-order valence-corrected chi connectivity index (χ1v) is 6.30. The number of rotatable bonds is 3. The predicted octanol–water partition coefficient (Wildman–Crippen LogP) is 2.08. The molecule has 0 bridgehead atoms. The van der Waals surface area contributed by atoms with Gasteiger partial charge in [-0.3, -0.25) is 0 Å². The highest BCUT2D eigenvalue weighted by atomic mass is 35.5. The smallest absolute Gasteiger partial charge is 0.102 e. The lowest BCUT2D eigenvalue weighted by molar-refractivity contribution is -0.00461. The highest BCUT2D eigenvalue weighted by molar-refractivity contribution is 6.33. The Balaban J connectivity index is 2.25. The van der Waals surface area contributed by atoms with Gasteiger partial charge in [-0.25, -0.2) is 0 Å². The molecule has 2 atom stereocenters. The summed E-state index contributed by atoms with van der Waals surface area (Å²) in [6.45, 7) is 3.64. The zero-order chi connectivity index (χ0) is 13.3. The van der Waals surface area contributed by atoms with E-state index in [1.165, 1.54) is 0 Å². The van der Waals surface area contributed by atoms with Gasteiger partial charge in [0.2, 0.25) is 0 Å². The summed E-state index contributed by atoms with van der Waals surface area (Å²) >= 11 is 6.09. The minimum atomic E-state index is 0.0886. The molecule has 0 saturated carbocycles. The van der Waals surface area contributed by atoms with Crippen molar-refractivity contribution in [2.75, 3.05) is 37.9 Å². The molecule has 0 aromatic heterocycles. The van der Waals surface area contributed by atoms with E-state index in [9.17, 15) is 0 Å². The molecule has 0 amide bonds. The van der Waals surface area contributed by atoms with Gasteiger partial charge in [-0.05, 0) is 24.6 Å². The first-order valence-electron chi connectivity index (χ1n) is 5.93. The lowest BCUT2D eigenvalue weighted by atomic mass is 10.1. The molecule has 1 aliphatic heterocycles. The lowest BCUT2D eigenvalue weighted by Gasteiger charge is -2.21. The van der Waals surface area contributed by atoms with Crippen LogP contribution in [0.4, 0.5) is 11.4 Å². The largest absolute Gasteiger partial charge is 0.398 e. The van der Waals surface area contributed by atoms with Crippen molar-refractivity contribution in [3.8, 4) is 0 Å². The normalized spacial score (nSPS) is 23.7. The summed E-state index contributed by atoms with van der Waals surface area (Å²) in [5, 5.41) is 0.588. The fourth-order valence-corrected chi connectivity index (χ4v) is 2.59. The number of hydrogen-bond acceptors (Lipinski definition) is 4. The van der Waals surface area contributed by atoms with Gasteiger partial charge in [0.05, 0.1) is 10.7 Å². The van der Waals surface area contributed by atoms with Crippen LogP contribution >= 0.6 is 11.6 Å². The van der Waals surface area contributed by atoms with Gasteiger partial charge >= 0.3 is 0 Å². The number of nitrogens with two attached hydrogens (primary N) is 1. The second-order valence-electron chi connectivity index (χ2n) is 4.61. The molecule has 2 unspecified atom stereocenters. The van der Waals surface area contributed by atoms with E-state index in [1.54, 1.807) is 14.2 Å². The Morgan fingerprint density at radius 3 is 2.28 bits per heavy atom. The van der Waals surface area contributed by atoms with E-state index >= 15 is 0 Å². The Kier molecular flexibility index (Phi) is 4.00. The van der Waals surface area contributed by atoms with Crippen molar-refractivity contribution < 1.29 is 9.47 Å². The van der Waals surface area contributed by atoms with Crippen molar-refractivity contribution >= 4 is 23.0 Å². The molecule has 4 nitrogen and oxygen atoms in total. The number of nitrogen functional groups attached to an aromatic ring is 1. The highest BCUT2D eigenvalue weighted by Gasteiger charge is 2.33. The molecule has 1 aliphatic rings. The van der Waals surface area contributed by atoms with Gasteiger partial charge in [0.1, 0.15) is 12.2 Å². The van der Waals surface area contributed by atoms with Crippen LogP contribution in [-0.4, -0.2) is 39.5 Å². The van der Waals surface area contributed by atoms with Gasteiger partial charge in [-0.1, -0.05) is 11.6 Å². The minimum Gasteiger partial charge on any atom is -0.398 e. The SMILES string of the molecule is COC1CN(c2cc(Cl)c(N)cc2C)CC1OC. The van der Waals surface area contributed by atoms with Gasteiger partial charge in [0, 0.05) is 33.0 Å². The van der Waals surface area contributed by atoms with Crippen molar-refractivity contribution in [1.82, 2.24) is 0 Å². The maximum absolute atomic E-state index is 6.09. The van der Waals surface area contributed by atoms with E-state index in [1.807, 2.05) is 19.1 Å². The summed E-state index contributed by atoms with van der Waals surface area (Å²) in [5.74, 6) is 0. The van der Waals surface area contributed by atoms with Gasteiger partial charge in [0.25, 0.3) is 0 Å². The number of aryl methyl sites for hydroxylation is 1. The van der Waals surface area contributed by atoms with E-state index in [4.69, 9.17) is 26.8 Å². The maximum atomic E-state index is 6.09. The number of halogens is 1. The van der Waals surface area contributed by atoms with Crippen LogP contribution in [0.5, 0.6) is 0 Å². The van der Waals surface area contributed by atoms with Crippen LogP contribution in [-0.2, 0) is 9.47 Å². The molecular formula is C13H19ClN2O2. The van der Waals surface area contributed by atoms with E-state index in [0.29, 0.717) is 10.7 Å². The molecule has 1 saturated heterocycles. The van der Waals surface area contributed by atoms with Gasteiger partial charge in [-0.15, -0.1) is 0 Å². The molecule has 1 heterocycles. The average molecular weight is 271 g/mol. The van der Waals surface area contributed by atoms with Crippen LogP contribution in [0.25, 0.3) is 0 Å². The third-order valence-corrected chi connectivity index (χ3v) is 3.80. The zero-order valence-corrected chi connectivity index (χ0v) is 11.7. The number of benzene rings is 1. The first-order chi connectivity index (χ1) is 8.56. The Bertz CT molecular complexity index is 427. The summed E-state index contributed by atoms with van der Waals surface area (Å²) in [4.78, 5) is 2.23. The third-order valence-electron chi connectivity index (χ3n) is 3.48. The third kappa shape index (κ3) is 2.41. The second-order valence-corrected chi connectivity index (χ2v) is 5.02. The van der Waals surface area contributed by atoms with Crippen LogP contribution in [0, 0.1) is 6.92 Å². The van der Waals surface area contributed by atoms with Gasteiger partial charge in [-0.2, -0.15) is 0 Å². The molecule has 0 radical (unpaired) electrons. The number of ether oxygens (including phenoxy) is 2. The Hall–Kier alpha value is -0.970. The Morgan fingerprint density at radius 1 is 1.22 bits per heavy atom. The number of methoxy groups -OCH3 is 2. The number of hydrogen-bond donors (Lipinski definition) is 1. The van der Waals surface area contributed by atoms with Crippen molar-refractivity contribution in [2.45, 2.75) is 19.1 Å². The number of anilines is 2. The fourth-order valence-electron chi connectivity index (χ4n) is 2.43. The van der Waals surface area contributed by atoms with E-state index < -0.39 is 0 Å². The number of nitrogens with zero attached hydrogens (tertiary/aromatic N) is 1. The molecule has 1 fully saturated rings. The predicted molar refractivity (Wildman–Crippen MR) is 74.4 cm³/mol. The molecule has 0 aliphatic carbocycles. The van der Waals surface area contributed by atoms with Gasteiger partial charge < -0.3 is 20.1 Å². The molecule has 0 spiro atoms. The molecule has 1 aromatic rings. The monoisotopic (exact) mass is 270 g/mol. The maximum Gasteiger partial charge on any atom is 0.102 e. The summed E-state index contributed by atoms with van der Waals surface area (Å²) < 4.78 is 10.9. The molecular weight excluding hydrogens is 252 g/mol. The minimum absolute atomic E-state index is 0.0886. The molecule has 2 rings (SSSR count). The molecule has 1 aromatic carbocycles. The second kappa shape index (κ2) is 5.34. The molecule has 18 heavy (non-hydrogen) atoms. The van der Waals surface area contributed by atoms with Crippen LogP contribution in [0.1, 0.15) is 5.56 Å². The molecule has 100 valence electrons. The van der Waals surface area contributed by atoms with Crippen LogP contribution < -0.4 is 10.6 Å². The van der Waals surface area contributed by atoms with Crippen molar-refractivity contribution in [3.63, 3.8) is 0 Å². The van der Waals surface area contributed by atoms with Crippen LogP contribution in [0.15, 0.2) is 12.1 Å². The summed E-state index contributed by atoms with van der Waals surface area (Å²) in [5.41, 5.74) is 8.62. The molecule has 2 N–H and O–H groups in total. The lowest BCUT2D eigenvalue weighted by Crippen LogP contribution is -2.27. The van der Waals surface area contributed by atoms with E-state index in [2.05, 4.69) is 4.90 Å². The van der Waals surface area contributed by atoms with Gasteiger partial charge in [0.15, 0.2) is 0 Å².